The van der Waals surface area contributed by atoms with E-state index in [2.05, 4.69) is 19.2 Å². The molecule has 0 saturated heterocycles. The molecule has 1 heterocycles. The van der Waals surface area contributed by atoms with E-state index in [1.807, 2.05) is 12.1 Å². The number of carboxylic acid groups (broad SMARTS) is 1. The number of thiophene rings is 1. The second kappa shape index (κ2) is 4.96. The number of hydrogen-bond acceptors (Lipinski definition) is 3. The van der Waals surface area contributed by atoms with E-state index in [1.54, 1.807) is 0 Å². The lowest BCUT2D eigenvalue weighted by Gasteiger charge is -2.23. The van der Waals surface area contributed by atoms with Crippen molar-refractivity contribution >= 4 is 28.9 Å². The van der Waals surface area contributed by atoms with Gasteiger partial charge in [0.1, 0.15) is 0 Å². The van der Waals surface area contributed by atoms with E-state index >= 15 is 0 Å². The molecule has 0 aliphatic heterocycles. The van der Waals surface area contributed by atoms with E-state index in [1.165, 1.54) is 11.3 Å². The topological polar surface area (TPSA) is 49.3 Å². The van der Waals surface area contributed by atoms with Crippen molar-refractivity contribution in [3.8, 4) is 0 Å². The maximum absolute atomic E-state index is 10.3. The first-order chi connectivity index (χ1) is 6.92. The van der Waals surface area contributed by atoms with Gasteiger partial charge in [-0.15, -0.1) is 11.3 Å². The summed E-state index contributed by atoms with van der Waals surface area (Å²) in [6, 6.07) is 3.84. The fourth-order valence-electron chi connectivity index (χ4n) is 1.25. The molecular weight excluding hydrogens is 234 g/mol. The molecule has 2 N–H and O–H groups in total. The summed E-state index contributed by atoms with van der Waals surface area (Å²) in [4.78, 5) is 11.5. The first-order valence-corrected chi connectivity index (χ1v) is 5.79. The molecule has 15 heavy (non-hydrogen) atoms. The quantitative estimate of drug-likeness (QED) is 0.840. The van der Waals surface area contributed by atoms with E-state index in [-0.39, 0.29) is 12.0 Å². The summed E-state index contributed by atoms with van der Waals surface area (Å²) in [6.45, 7) is 4.73. The smallest absolute Gasteiger partial charge is 0.317 e. The van der Waals surface area contributed by atoms with Gasteiger partial charge in [0, 0.05) is 16.8 Å². The van der Waals surface area contributed by atoms with Gasteiger partial charge in [-0.05, 0) is 12.1 Å². The zero-order valence-corrected chi connectivity index (χ0v) is 10.3. The maximum Gasteiger partial charge on any atom is 0.317 e. The van der Waals surface area contributed by atoms with Crippen LogP contribution in [-0.2, 0) is 10.2 Å². The van der Waals surface area contributed by atoms with Crippen molar-refractivity contribution in [1.82, 2.24) is 5.32 Å². The van der Waals surface area contributed by atoms with Crippen LogP contribution in [0.1, 0.15) is 18.7 Å². The lowest BCUT2D eigenvalue weighted by atomic mass is 9.91. The summed E-state index contributed by atoms with van der Waals surface area (Å²) in [5.41, 5.74) is -0.0900. The van der Waals surface area contributed by atoms with Crippen molar-refractivity contribution in [2.75, 3.05) is 13.1 Å². The molecular formula is C10H14ClNO2S. The summed E-state index contributed by atoms with van der Waals surface area (Å²) in [5, 5.41) is 11.4. The Balaban J connectivity index is 2.55. The van der Waals surface area contributed by atoms with Crippen molar-refractivity contribution in [3.05, 3.63) is 21.3 Å². The molecule has 0 unspecified atom stereocenters. The number of rotatable bonds is 5. The predicted octanol–water partition coefficient (Wildman–Crippen LogP) is 2.35. The molecule has 0 saturated carbocycles. The Labute approximate surface area is 98.1 Å². The van der Waals surface area contributed by atoms with E-state index in [0.29, 0.717) is 6.54 Å². The molecule has 1 aromatic heterocycles. The van der Waals surface area contributed by atoms with Gasteiger partial charge in [0.2, 0.25) is 0 Å². The minimum atomic E-state index is -0.838. The predicted molar refractivity (Wildman–Crippen MR) is 62.9 cm³/mol. The van der Waals surface area contributed by atoms with Gasteiger partial charge in [-0.2, -0.15) is 0 Å². The van der Waals surface area contributed by atoms with Crippen molar-refractivity contribution in [2.24, 2.45) is 0 Å². The third kappa shape index (κ3) is 3.81. The average Bonchev–Trinajstić information content (AvgIpc) is 2.51. The number of nitrogens with one attached hydrogen (secondary N) is 1. The van der Waals surface area contributed by atoms with Crippen LogP contribution in [0.15, 0.2) is 12.1 Å². The molecule has 3 nitrogen and oxygen atoms in total. The van der Waals surface area contributed by atoms with E-state index in [0.717, 1.165) is 9.21 Å². The lowest BCUT2D eigenvalue weighted by molar-refractivity contribution is -0.135. The van der Waals surface area contributed by atoms with Crippen LogP contribution in [0.2, 0.25) is 4.34 Å². The normalized spacial score (nSPS) is 11.7. The molecule has 0 spiro atoms. The first-order valence-electron chi connectivity index (χ1n) is 4.60. The Bertz CT molecular complexity index is 349. The van der Waals surface area contributed by atoms with E-state index in [9.17, 15) is 4.79 Å². The van der Waals surface area contributed by atoms with Crippen LogP contribution in [0, 0.1) is 0 Å². The first kappa shape index (κ1) is 12.5. The minimum absolute atomic E-state index is 0.0114. The molecule has 0 bridgehead atoms. The highest BCUT2D eigenvalue weighted by molar-refractivity contribution is 7.16. The Hall–Kier alpha value is -0.580. The molecule has 1 aromatic rings. The molecule has 0 radical (unpaired) electrons. The second-order valence-corrected chi connectivity index (χ2v) is 5.70. The van der Waals surface area contributed by atoms with Crippen molar-refractivity contribution < 1.29 is 9.90 Å². The Kier molecular flexibility index (Phi) is 4.13. The molecule has 5 heteroatoms. The van der Waals surface area contributed by atoms with E-state index < -0.39 is 5.97 Å². The third-order valence-corrected chi connectivity index (χ3v) is 3.68. The van der Waals surface area contributed by atoms with Crippen LogP contribution >= 0.6 is 22.9 Å². The molecule has 84 valence electrons. The molecule has 0 atom stereocenters. The van der Waals surface area contributed by atoms with Gasteiger partial charge in [0.15, 0.2) is 0 Å². The summed E-state index contributed by atoms with van der Waals surface area (Å²) in [6.07, 6.45) is 0. The lowest BCUT2D eigenvalue weighted by Crippen LogP contribution is -2.35. The number of carboxylic acids is 1. The summed E-state index contributed by atoms with van der Waals surface area (Å²) in [5.74, 6) is -0.838. The minimum Gasteiger partial charge on any atom is -0.480 e. The zero-order valence-electron chi connectivity index (χ0n) is 8.71. The second-order valence-electron chi connectivity index (χ2n) is 3.98. The van der Waals surface area contributed by atoms with Gasteiger partial charge < -0.3 is 10.4 Å². The monoisotopic (exact) mass is 247 g/mol. The average molecular weight is 248 g/mol. The van der Waals surface area contributed by atoms with Gasteiger partial charge in [0.25, 0.3) is 0 Å². The van der Waals surface area contributed by atoms with Crippen LogP contribution in [0.4, 0.5) is 0 Å². The van der Waals surface area contributed by atoms with Gasteiger partial charge in [-0.3, -0.25) is 4.79 Å². The number of hydrogen-bond donors (Lipinski definition) is 2. The summed E-state index contributed by atoms with van der Waals surface area (Å²) in [7, 11) is 0. The summed E-state index contributed by atoms with van der Waals surface area (Å²) >= 11 is 7.39. The summed E-state index contributed by atoms with van der Waals surface area (Å²) < 4.78 is 0.760. The molecule has 1 rings (SSSR count). The highest BCUT2D eigenvalue weighted by atomic mass is 35.5. The Morgan fingerprint density at radius 3 is 2.73 bits per heavy atom. The molecule has 0 amide bonds. The van der Waals surface area contributed by atoms with Gasteiger partial charge in [-0.1, -0.05) is 25.4 Å². The molecule has 0 aliphatic carbocycles. The maximum atomic E-state index is 10.3. The fraction of sp³-hybridized carbons (Fsp3) is 0.500. The van der Waals surface area contributed by atoms with Crippen LogP contribution in [0.5, 0.6) is 0 Å². The van der Waals surface area contributed by atoms with Crippen molar-refractivity contribution in [1.29, 1.82) is 0 Å². The highest BCUT2D eigenvalue weighted by Crippen LogP contribution is 2.31. The van der Waals surface area contributed by atoms with Gasteiger partial charge in [-0.25, -0.2) is 0 Å². The SMILES string of the molecule is CC(C)(CNCC(=O)O)c1ccc(Cl)s1. The van der Waals surface area contributed by atoms with Crippen LogP contribution in [0.25, 0.3) is 0 Å². The molecule has 0 aliphatic rings. The van der Waals surface area contributed by atoms with Crippen LogP contribution in [-0.4, -0.2) is 24.2 Å². The van der Waals surface area contributed by atoms with Crippen LogP contribution in [0.3, 0.4) is 0 Å². The molecule has 0 fully saturated rings. The fourth-order valence-corrected chi connectivity index (χ4v) is 2.39. The molecule has 0 aromatic carbocycles. The van der Waals surface area contributed by atoms with Crippen molar-refractivity contribution in [3.63, 3.8) is 0 Å². The van der Waals surface area contributed by atoms with Crippen molar-refractivity contribution in [2.45, 2.75) is 19.3 Å². The standard InChI is InChI=1S/C10H14ClNO2S/c1-10(2,6-12-5-9(13)14)7-3-4-8(11)15-7/h3-4,12H,5-6H2,1-2H3,(H,13,14). The van der Waals surface area contributed by atoms with Gasteiger partial charge >= 0.3 is 5.97 Å². The number of aliphatic carboxylic acids is 1. The largest absolute Gasteiger partial charge is 0.480 e. The number of halogens is 1. The van der Waals surface area contributed by atoms with E-state index in [4.69, 9.17) is 16.7 Å². The zero-order chi connectivity index (χ0) is 11.5. The Morgan fingerprint density at radius 1 is 1.60 bits per heavy atom. The van der Waals surface area contributed by atoms with Gasteiger partial charge in [0.05, 0.1) is 10.9 Å². The van der Waals surface area contributed by atoms with Crippen LogP contribution < -0.4 is 5.32 Å². The highest BCUT2D eigenvalue weighted by Gasteiger charge is 2.22. The number of carbonyl (C=O) groups is 1. The third-order valence-electron chi connectivity index (χ3n) is 2.08. The Morgan fingerprint density at radius 2 is 2.27 bits per heavy atom.